The van der Waals surface area contributed by atoms with E-state index in [1.165, 1.54) is 16.4 Å². The maximum atomic E-state index is 13.3. The molecule has 0 radical (unpaired) electrons. The molecule has 1 atom stereocenters. The van der Waals surface area contributed by atoms with Gasteiger partial charge in [0.2, 0.25) is 11.1 Å². The molecular weight excluding hydrogens is 476 g/mol. The molecule has 8 nitrogen and oxygen atoms in total. The molecule has 1 aliphatic rings. The van der Waals surface area contributed by atoms with Crippen LogP contribution in [0.3, 0.4) is 0 Å². The molecule has 1 amide bonds. The van der Waals surface area contributed by atoms with Gasteiger partial charge in [-0.2, -0.15) is 0 Å². The lowest BCUT2D eigenvalue weighted by molar-refractivity contribution is -0.763. The largest absolute Gasteiger partial charge is 0.426 e. The summed E-state index contributed by atoms with van der Waals surface area (Å²) in [6.07, 6.45) is -0.508. The number of hydrogen-bond acceptors (Lipinski definition) is 6. The number of nitrogens with zero attached hydrogens (tertiary/aromatic N) is 3. The Kier molecular flexibility index (Phi) is 7.04. The number of carbonyl (C=O) groups excluding carboxylic acids is 2. The van der Waals surface area contributed by atoms with Gasteiger partial charge in [-0.15, -0.1) is 0 Å². The van der Waals surface area contributed by atoms with Crippen LogP contribution in [0.5, 0.6) is 5.75 Å². The molecule has 0 fully saturated rings. The number of amides is 1. The summed E-state index contributed by atoms with van der Waals surface area (Å²) in [7, 11) is 0. The van der Waals surface area contributed by atoms with E-state index in [1.54, 1.807) is 61.2 Å². The van der Waals surface area contributed by atoms with Gasteiger partial charge in [0.05, 0.1) is 16.8 Å². The van der Waals surface area contributed by atoms with Crippen LogP contribution < -0.4 is 19.9 Å². The van der Waals surface area contributed by atoms with Gasteiger partial charge in [0.1, 0.15) is 5.75 Å². The lowest BCUT2D eigenvalue weighted by atomic mass is 10.0. The molecule has 0 aliphatic carbocycles. The van der Waals surface area contributed by atoms with Crippen LogP contribution in [0.1, 0.15) is 45.3 Å². The minimum atomic E-state index is -0.894. The van der Waals surface area contributed by atoms with Crippen LogP contribution in [0.4, 0.5) is 5.69 Å². The molecule has 0 unspecified atom stereocenters. The summed E-state index contributed by atoms with van der Waals surface area (Å²) in [5, 5.41) is 5.51. The minimum absolute atomic E-state index is 0.173. The van der Waals surface area contributed by atoms with Crippen molar-refractivity contribution in [2.45, 2.75) is 44.9 Å². The highest BCUT2D eigenvalue weighted by atomic mass is 35.5. The number of nitrogens with one attached hydrogen (secondary N) is 1. The fraction of sp³-hybridized carbons (Fsp3) is 0.292. The van der Waals surface area contributed by atoms with Crippen molar-refractivity contribution in [1.82, 2.24) is 10.1 Å². The van der Waals surface area contributed by atoms with E-state index >= 15 is 0 Å². The highest BCUT2D eigenvalue weighted by molar-refractivity contribution is 7.99. The molecular formula is C24H24ClN4O4S+. The summed E-state index contributed by atoms with van der Waals surface area (Å²) >= 11 is 7.74. The maximum absolute atomic E-state index is 13.3. The quantitative estimate of drug-likeness (QED) is 0.237. The van der Waals surface area contributed by atoms with E-state index in [4.69, 9.17) is 21.4 Å². The molecule has 1 aliphatic heterocycles. The van der Waals surface area contributed by atoms with Crippen molar-refractivity contribution in [1.29, 1.82) is 0 Å². The Bertz CT molecular complexity index is 1330. The number of anilines is 1. The molecule has 34 heavy (non-hydrogen) atoms. The molecule has 2 aromatic carbocycles. The van der Waals surface area contributed by atoms with E-state index in [2.05, 4.69) is 4.98 Å². The van der Waals surface area contributed by atoms with Gasteiger partial charge in [0.15, 0.2) is 0 Å². The first-order chi connectivity index (χ1) is 16.4. The van der Waals surface area contributed by atoms with Crippen molar-refractivity contribution in [3.8, 4) is 17.0 Å². The molecule has 176 valence electrons. The van der Waals surface area contributed by atoms with E-state index in [9.17, 15) is 14.4 Å². The van der Waals surface area contributed by atoms with E-state index in [0.29, 0.717) is 38.4 Å². The van der Waals surface area contributed by atoms with E-state index in [1.807, 2.05) is 6.92 Å². The molecule has 3 aromatic rings. The number of halogens is 1. The summed E-state index contributed by atoms with van der Waals surface area (Å²) in [4.78, 5) is 43.2. The first-order valence-corrected chi connectivity index (χ1v) is 12.4. The van der Waals surface area contributed by atoms with E-state index in [-0.39, 0.29) is 30.1 Å². The Hall–Kier alpha value is -3.17. The lowest BCUT2D eigenvalue weighted by Crippen LogP contribution is -2.61. The number of carbonyl (C=O) groups is 2. The molecule has 0 spiro atoms. The molecule has 1 N–H and O–H groups in total. The van der Waals surface area contributed by atoms with E-state index < -0.39 is 12.1 Å². The second kappa shape index (κ2) is 9.99. The number of para-hydroxylation sites is 1. The van der Waals surface area contributed by atoms with Gasteiger partial charge in [-0.3, -0.25) is 19.4 Å². The van der Waals surface area contributed by atoms with Crippen LogP contribution in [0, 0.1) is 0 Å². The Labute approximate surface area is 205 Å². The average molecular weight is 500 g/mol. The number of hydrogen-bond donors (Lipinski definition) is 1. The molecule has 0 saturated carbocycles. The monoisotopic (exact) mass is 499 g/mol. The number of benzene rings is 2. The zero-order valence-corrected chi connectivity index (χ0v) is 20.6. The second-order valence-electron chi connectivity index (χ2n) is 7.50. The number of rotatable bonds is 6. The number of aromatic amines is 1. The van der Waals surface area contributed by atoms with Gasteiger partial charge in [-0.05, 0) is 40.8 Å². The Morgan fingerprint density at radius 3 is 2.65 bits per heavy atom. The van der Waals surface area contributed by atoms with Gasteiger partial charge >= 0.3 is 17.2 Å². The predicted octanol–water partition coefficient (Wildman–Crippen LogP) is 4.11. The fourth-order valence-electron chi connectivity index (χ4n) is 3.90. The molecule has 2 heterocycles. The van der Waals surface area contributed by atoms with E-state index in [0.717, 1.165) is 0 Å². The highest BCUT2D eigenvalue weighted by Crippen LogP contribution is 2.40. The van der Waals surface area contributed by atoms with Gasteiger partial charge in [0.25, 0.3) is 6.17 Å². The number of ether oxygens (including phenoxy) is 1. The van der Waals surface area contributed by atoms with Crippen molar-refractivity contribution in [2.75, 3.05) is 10.7 Å². The molecule has 1 aromatic heterocycles. The number of thioether (sulfide) groups is 1. The van der Waals surface area contributed by atoms with Gasteiger partial charge in [-0.25, -0.2) is 4.90 Å². The van der Waals surface area contributed by atoms with Gasteiger partial charge in [0, 0.05) is 23.0 Å². The Morgan fingerprint density at radius 2 is 1.94 bits per heavy atom. The Morgan fingerprint density at radius 1 is 1.18 bits per heavy atom. The van der Waals surface area contributed by atoms with Crippen molar-refractivity contribution >= 4 is 40.9 Å². The molecule has 0 saturated heterocycles. The van der Waals surface area contributed by atoms with Crippen molar-refractivity contribution < 1.29 is 19.0 Å². The van der Waals surface area contributed by atoms with Crippen LogP contribution in [0.15, 0.2) is 52.4 Å². The van der Waals surface area contributed by atoms with Crippen LogP contribution in [0.25, 0.3) is 11.3 Å². The normalized spacial score (nSPS) is 14.4. The van der Waals surface area contributed by atoms with Gasteiger partial charge < -0.3 is 4.74 Å². The number of fused-ring (bicyclic) bond motifs is 3. The summed E-state index contributed by atoms with van der Waals surface area (Å²) in [6.45, 7) is 5.41. The zero-order valence-electron chi connectivity index (χ0n) is 19.0. The first kappa shape index (κ1) is 24.0. The zero-order chi connectivity index (χ0) is 24.4. The number of esters is 1. The maximum Gasteiger partial charge on any atom is 0.325 e. The van der Waals surface area contributed by atoms with Crippen LogP contribution >= 0.6 is 23.4 Å². The third-order valence-corrected chi connectivity index (χ3v) is 6.35. The fourth-order valence-corrected chi connectivity index (χ4v) is 4.67. The SMILES string of the molecule is CCSc1n[n+]2c(c(=O)[nH]1)-c1ccccc1N(C(=O)CC)[C@@H]2c1cc(Cl)ccc1OC(=O)CC. The molecule has 0 bridgehead atoms. The summed E-state index contributed by atoms with van der Waals surface area (Å²) < 4.78 is 7.14. The second-order valence-corrected chi connectivity index (χ2v) is 9.19. The van der Waals surface area contributed by atoms with Crippen molar-refractivity contribution in [2.24, 2.45) is 0 Å². The third kappa shape index (κ3) is 4.33. The smallest absolute Gasteiger partial charge is 0.325 e. The van der Waals surface area contributed by atoms with Gasteiger partial charge in [-0.1, -0.05) is 56.3 Å². The Balaban J connectivity index is 2.08. The predicted molar refractivity (Wildman–Crippen MR) is 130 cm³/mol. The van der Waals surface area contributed by atoms with Crippen LogP contribution in [-0.4, -0.2) is 27.7 Å². The summed E-state index contributed by atoms with van der Waals surface area (Å²) in [6, 6.07) is 12.0. The summed E-state index contributed by atoms with van der Waals surface area (Å²) in [5.41, 5.74) is 1.56. The van der Waals surface area contributed by atoms with Crippen molar-refractivity contribution in [3.05, 3.63) is 63.4 Å². The number of aromatic nitrogens is 3. The minimum Gasteiger partial charge on any atom is -0.426 e. The lowest BCUT2D eigenvalue weighted by Gasteiger charge is -2.32. The first-order valence-electron chi connectivity index (χ1n) is 11.0. The summed E-state index contributed by atoms with van der Waals surface area (Å²) in [5.74, 6) is 0.326. The standard InChI is InChI=1S/C24H23ClN4O4S/c1-4-19(30)28-17-10-8-7-9-15(17)21-22(32)26-24(34-6-3)27-29(21)23(28)16-13-14(25)11-12-18(16)33-20(31)5-2/h7-13,23H,4-6H2,1-3H3/p+1/t23-/m0/s1. The number of H-pyrrole nitrogens is 1. The third-order valence-electron chi connectivity index (χ3n) is 5.37. The highest BCUT2D eigenvalue weighted by Gasteiger charge is 2.46. The van der Waals surface area contributed by atoms with Crippen LogP contribution in [0.2, 0.25) is 5.02 Å². The topological polar surface area (TPSA) is 96.2 Å². The van der Waals surface area contributed by atoms with Crippen molar-refractivity contribution in [3.63, 3.8) is 0 Å². The average Bonchev–Trinajstić information content (AvgIpc) is 2.83. The molecule has 4 rings (SSSR count). The molecule has 10 heteroatoms. The van der Waals surface area contributed by atoms with Crippen LogP contribution in [-0.2, 0) is 9.59 Å².